The summed E-state index contributed by atoms with van der Waals surface area (Å²) < 4.78 is 5.19. The Morgan fingerprint density at radius 3 is 3.00 bits per heavy atom. The molecule has 0 aromatic carbocycles. The lowest BCUT2D eigenvalue weighted by molar-refractivity contribution is -0.121. The molecule has 0 bridgehead atoms. The Kier molecular flexibility index (Phi) is 4.62. The number of aryl methyl sites for hydroxylation is 1. The SMILES string of the molecule is O=C(CCc1ccco1)NCC1CCNCC1. The predicted octanol–water partition coefficient (Wildman–Crippen LogP) is 1.33. The topological polar surface area (TPSA) is 54.3 Å². The fraction of sp³-hybridized carbons (Fsp3) is 0.615. The van der Waals surface area contributed by atoms with Crippen LogP contribution in [0.15, 0.2) is 22.8 Å². The van der Waals surface area contributed by atoms with E-state index in [2.05, 4.69) is 10.6 Å². The molecule has 94 valence electrons. The molecular weight excluding hydrogens is 216 g/mol. The fourth-order valence-corrected chi connectivity index (χ4v) is 2.12. The van der Waals surface area contributed by atoms with E-state index < -0.39 is 0 Å². The summed E-state index contributed by atoms with van der Waals surface area (Å²) in [6, 6.07) is 3.75. The van der Waals surface area contributed by atoms with Gasteiger partial charge in [-0.3, -0.25) is 4.79 Å². The van der Waals surface area contributed by atoms with Crippen molar-refractivity contribution in [3.8, 4) is 0 Å². The number of furan rings is 1. The number of carbonyl (C=O) groups is 1. The quantitative estimate of drug-likeness (QED) is 0.811. The van der Waals surface area contributed by atoms with Gasteiger partial charge in [0, 0.05) is 19.4 Å². The van der Waals surface area contributed by atoms with Gasteiger partial charge >= 0.3 is 0 Å². The van der Waals surface area contributed by atoms with Crippen LogP contribution in [0.3, 0.4) is 0 Å². The number of amides is 1. The molecule has 1 aliphatic heterocycles. The third kappa shape index (κ3) is 4.23. The third-order valence-corrected chi connectivity index (χ3v) is 3.23. The van der Waals surface area contributed by atoms with Crippen molar-refractivity contribution in [2.24, 2.45) is 5.92 Å². The Bertz CT molecular complexity index is 329. The van der Waals surface area contributed by atoms with Crippen LogP contribution < -0.4 is 10.6 Å². The highest BCUT2D eigenvalue weighted by molar-refractivity contribution is 5.76. The first-order valence-corrected chi connectivity index (χ1v) is 6.34. The average Bonchev–Trinajstić information content (AvgIpc) is 2.88. The molecule has 1 fully saturated rings. The van der Waals surface area contributed by atoms with Gasteiger partial charge in [0.25, 0.3) is 0 Å². The summed E-state index contributed by atoms with van der Waals surface area (Å²) in [6.07, 6.45) is 5.17. The molecule has 1 aromatic heterocycles. The number of nitrogens with one attached hydrogen (secondary N) is 2. The lowest BCUT2D eigenvalue weighted by Crippen LogP contribution is -2.36. The third-order valence-electron chi connectivity index (χ3n) is 3.23. The maximum atomic E-state index is 11.6. The van der Waals surface area contributed by atoms with Gasteiger partial charge < -0.3 is 15.1 Å². The molecule has 1 amide bonds. The molecule has 17 heavy (non-hydrogen) atoms. The van der Waals surface area contributed by atoms with E-state index in [4.69, 9.17) is 4.42 Å². The summed E-state index contributed by atoms with van der Waals surface area (Å²) in [5.41, 5.74) is 0. The first kappa shape index (κ1) is 12.2. The highest BCUT2D eigenvalue weighted by Crippen LogP contribution is 2.10. The zero-order valence-corrected chi connectivity index (χ0v) is 10.1. The van der Waals surface area contributed by atoms with E-state index in [1.165, 1.54) is 12.8 Å². The molecule has 1 aliphatic rings. The van der Waals surface area contributed by atoms with Crippen LogP contribution in [0, 0.1) is 5.92 Å². The molecule has 0 atom stereocenters. The van der Waals surface area contributed by atoms with Crippen molar-refractivity contribution < 1.29 is 9.21 Å². The maximum Gasteiger partial charge on any atom is 0.220 e. The molecule has 0 saturated carbocycles. The molecule has 4 heteroatoms. The standard InChI is InChI=1S/C13H20N2O2/c16-13(4-3-12-2-1-9-17-12)15-10-11-5-7-14-8-6-11/h1-2,9,11,14H,3-8,10H2,(H,15,16). The van der Waals surface area contributed by atoms with Gasteiger partial charge in [-0.05, 0) is 44.0 Å². The molecule has 1 aromatic rings. The van der Waals surface area contributed by atoms with Crippen molar-refractivity contribution in [1.82, 2.24) is 10.6 Å². The zero-order chi connectivity index (χ0) is 11.9. The molecule has 2 heterocycles. The first-order valence-electron chi connectivity index (χ1n) is 6.34. The number of piperidine rings is 1. The van der Waals surface area contributed by atoms with E-state index in [0.717, 1.165) is 25.4 Å². The lowest BCUT2D eigenvalue weighted by Gasteiger charge is -2.22. The van der Waals surface area contributed by atoms with Crippen molar-refractivity contribution >= 4 is 5.91 Å². The minimum Gasteiger partial charge on any atom is -0.469 e. The molecular formula is C13H20N2O2. The van der Waals surface area contributed by atoms with Gasteiger partial charge in [0.15, 0.2) is 0 Å². The van der Waals surface area contributed by atoms with Crippen molar-refractivity contribution in [3.05, 3.63) is 24.2 Å². The molecule has 0 radical (unpaired) electrons. The summed E-state index contributed by atoms with van der Waals surface area (Å²) in [7, 11) is 0. The molecule has 0 unspecified atom stereocenters. The summed E-state index contributed by atoms with van der Waals surface area (Å²) in [6.45, 7) is 2.97. The molecule has 2 rings (SSSR count). The van der Waals surface area contributed by atoms with Gasteiger partial charge in [0.1, 0.15) is 5.76 Å². The lowest BCUT2D eigenvalue weighted by atomic mass is 9.98. The molecule has 2 N–H and O–H groups in total. The van der Waals surface area contributed by atoms with E-state index in [-0.39, 0.29) is 5.91 Å². The monoisotopic (exact) mass is 236 g/mol. The summed E-state index contributed by atoms with van der Waals surface area (Å²) >= 11 is 0. The second-order valence-corrected chi connectivity index (χ2v) is 4.58. The number of carbonyl (C=O) groups excluding carboxylic acids is 1. The Hall–Kier alpha value is -1.29. The highest BCUT2D eigenvalue weighted by Gasteiger charge is 2.13. The van der Waals surface area contributed by atoms with Crippen LogP contribution in [-0.2, 0) is 11.2 Å². The van der Waals surface area contributed by atoms with Crippen molar-refractivity contribution in [3.63, 3.8) is 0 Å². The summed E-state index contributed by atoms with van der Waals surface area (Å²) in [5.74, 6) is 1.64. The molecule has 1 saturated heterocycles. The fourth-order valence-electron chi connectivity index (χ4n) is 2.12. The predicted molar refractivity (Wildman–Crippen MR) is 65.6 cm³/mol. The van der Waals surface area contributed by atoms with Gasteiger partial charge in [-0.15, -0.1) is 0 Å². The summed E-state index contributed by atoms with van der Waals surface area (Å²) in [4.78, 5) is 11.6. The number of rotatable bonds is 5. The maximum absolute atomic E-state index is 11.6. The molecule has 0 aliphatic carbocycles. The second kappa shape index (κ2) is 6.45. The van der Waals surface area contributed by atoms with Gasteiger partial charge in [-0.25, -0.2) is 0 Å². The summed E-state index contributed by atoms with van der Waals surface area (Å²) in [5, 5.41) is 6.33. The number of hydrogen-bond donors (Lipinski definition) is 2. The van der Waals surface area contributed by atoms with Crippen LogP contribution in [-0.4, -0.2) is 25.5 Å². The van der Waals surface area contributed by atoms with Gasteiger partial charge in [-0.2, -0.15) is 0 Å². The minimum atomic E-state index is 0.125. The van der Waals surface area contributed by atoms with Crippen molar-refractivity contribution in [2.75, 3.05) is 19.6 Å². The zero-order valence-electron chi connectivity index (χ0n) is 10.1. The van der Waals surface area contributed by atoms with Crippen molar-refractivity contribution in [2.45, 2.75) is 25.7 Å². The largest absolute Gasteiger partial charge is 0.469 e. The second-order valence-electron chi connectivity index (χ2n) is 4.58. The van der Waals surface area contributed by atoms with E-state index >= 15 is 0 Å². The average molecular weight is 236 g/mol. The van der Waals surface area contributed by atoms with Gasteiger partial charge in [-0.1, -0.05) is 0 Å². The van der Waals surface area contributed by atoms with Crippen LogP contribution in [0.4, 0.5) is 0 Å². The van der Waals surface area contributed by atoms with Crippen LogP contribution in [0.25, 0.3) is 0 Å². The Morgan fingerprint density at radius 1 is 1.47 bits per heavy atom. The normalized spacial score (nSPS) is 16.9. The van der Waals surface area contributed by atoms with Crippen LogP contribution in [0.5, 0.6) is 0 Å². The Balaban J connectivity index is 1.60. The number of hydrogen-bond acceptors (Lipinski definition) is 3. The van der Waals surface area contributed by atoms with E-state index in [0.29, 0.717) is 18.8 Å². The molecule has 0 spiro atoms. The highest BCUT2D eigenvalue weighted by atomic mass is 16.3. The first-order chi connectivity index (χ1) is 8.34. The molecule has 4 nitrogen and oxygen atoms in total. The van der Waals surface area contributed by atoms with E-state index in [9.17, 15) is 4.79 Å². The Morgan fingerprint density at radius 2 is 2.29 bits per heavy atom. The van der Waals surface area contributed by atoms with Gasteiger partial charge in [0.05, 0.1) is 6.26 Å². The smallest absolute Gasteiger partial charge is 0.220 e. The van der Waals surface area contributed by atoms with Crippen LogP contribution in [0.2, 0.25) is 0 Å². The Labute approximate surface area is 102 Å². The van der Waals surface area contributed by atoms with E-state index in [1.807, 2.05) is 12.1 Å². The van der Waals surface area contributed by atoms with Crippen molar-refractivity contribution in [1.29, 1.82) is 0 Å². The van der Waals surface area contributed by atoms with E-state index in [1.54, 1.807) is 6.26 Å². The van der Waals surface area contributed by atoms with Gasteiger partial charge in [0.2, 0.25) is 5.91 Å². The van der Waals surface area contributed by atoms with Crippen LogP contribution >= 0.6 is 0 Å². The minimum absolute atomic E-state index is 0.125. The van der Waals surface area contributed by atoms with Crippen LogP contribution in [0.1, 0.15) is 25.0 Å².